The molecule has 0 saturated carbocycles. The molecular weight excluding hydrogens is 309 g/mol. The number of furan rings is 1. The number of hydrogen-bond acceptors (Lipinski definition) is 3. The molecule has 3 aromatic rings. The van der Waals surface area contributed by atoms with E-state index >= 15 is 0 Å². The molecule has 1 heterocycles. The molecule has 0 radical (unpaired) electrons. The van der Waals surface area contributed by atoms with E-state index in [1.54, 1.807) is 30.0 Å². The maximum absolute atomic E-state index is 12.8. The first-order chi connectivity index (χ1) is 10.1. The molecule has 108 valence electrons. The normalized spacial score (nSPS) is 12.7. The first-order valence-electron chi connectivity index (χ1n) is 6.45. The van der Waals surface area contributed by atoms with Gasteiger partial charge >= 0.3 is 0 Å². The summed E-state index contributed by atoms with van der Waals surface area (Å²) in [6, 6.07) is 13.6. The Kier molecular flexibility index (Phi) is 4.19. The summed E-state index contributed by atoms with van der Waals surface area (Å²) >= 11 is 7.65. The van der Waals surface area contributed by atoms with Crippen molar-refractivity contribution >= 4 is 34.3 Å². The van der Waals surface area contributed by atoms with Gasteiger partial charge in [0.1, 0.15) is 11.6 Å². The highest BCUT2D eigenvalue weighted by Gasteiger charge is 2.14. The summed E-state index contributed by atoms with van der Waals surface area (Å²) < 4.78 is 18.6. The van der Waals surface area contributed by atoms with E-state index in [-0.39, 0.29) is 11.9 Å². The molecule has 0 saturated heterocycles. The fourth-order valence-electron chi connectivity index (χ4n) is 2.03. The quantitative estimate of drug-likeness (QED) is 0.686. The van der Waals surface area contributed by atoms with Crippen LogP contribution in [0.25, 0.3) is 11.0 Å². The number of para-hydroxylation sites is 1. The van der Waals surface area contributed by atoms with Gasteiger partial charge in [0.05, 0.1) is 11.1 Å². The Bertz CT molecular complexity index is 757. The smallest absolute Gasteiger partial charge is 0.152 e. The highest BCUT2D eigenvalue weighted by atomic mass is 35.5. The van der Waals surface area contributed by atoms with Crippen molar-refractivity contribution in [2.45, 2.75) is 10.9 Å². The van der Waals surface area contributed by atoms with Crippen LogP contribution in [-0.2, 0) is 0 Å². The van der Waals surface area contributed by atoms with Gasteiger partial charge in [-0.1, -0.05) is 23.7 Å². The molecule has 21 heavy (non-hydrogen) atoms. The third kappa shape index (κ3) is 3.23. The highest BCUT2D eigenvalue weighted by molar-refractivity contribution is 7.99. The topological polar surface area (TPSA) is 39.2 Å². The number of fused-ring (bicyclic) bond motifs is 1. The van der Waals surface area contributed by atoms with Crippen molar-refractivity contribution in [1.29, 1.82) is 0 Å². The van der Waals surface area contributed by atoms with Crippen LogP contribution < -0.4 is 5.73 Å². The number of hydrogen-bond donors (Lipinski definition) is 1. The van der Waals surface area contributed by atoms with Gasteiger partial charge in [0, 0.05) is 16.0 Å². The number of nitrogens with two attached hydrogens (primary N) is 1. The predicted molar refractivity (Wildman–Crippen MR) is 85.3 cm³/mol. The first-order valence-corrected chi connectivity index (χ1v) is 7.82. The van der Waals surface area contributed by atoms with Gasteiger partial charge < -0.3 is 10.2 Å². The molecule has 0 amide bonds. The summed E-state index contributed by atoms with van der Waals surface area (Å²) in [5, 5.41) is 1.52. The molecule has 0 aliphatic heterocycles. The van der Waals surface area contributed by atoms with Crippen LogP contribution in [0.1, 0.15) is 11.8 Å². The molecule has 0 aliphatic rings. The second-order valence-electron chi connectivity index (χ2n) is 4.68. The molecule has 0 aliphatic carbocycles. The molecule has 2 N–H and O–H groups in total. The van der Waals surface area contributed by atoms with E-state index in [0.29, 0.717) is 22.1 Å². The fraction of sp³-hybridized carbons (Fsp3) is 0.125. The zero-order chi connectivity index (χ0) is 14.8. The van der Waals surface area contributed by atoms with Gasteiger partial charge in [0.15, 0.2) is 5.58 Å². The van der Waals surface area contributed by atoms with Crippen molar-refractivity contribution < 1.29 is 8.81 Å². The number of rotatable bonds is 4. The molecule has 1 atom stereocenters. The number of benzene rings is 2. The van der Waals surface area contributed by atoms with Crippen LogP contribution in [0.4, 0.5) is 4.39 Å². The van der Waals surface area contributed by atoms with Gasteiger partial charge in [-0.05, 0) is 36.4 Å². The van der Waals surface area contributed by atoms with E-state index in [4.69, 9.17) is 21.8 Å². The van der Waals surface area contributed by atoms with E-state index in [9.17, 15) is 4.39 Å². The molecule has 0 bridgehead atoms. The molecular formula is C16H13ClFNOS. The Balaban J connectivity index is 1.73. The predicted octanol–water partition coefficient (Wildman–Crippen LogP) is 5.02. The van der Waals surface area contributed by atoms with Crippen molar-refractivity contribution in [3.8, 4) is 0 Å². The standard InChI is InChI=1S/C16H13ClFNOS/c17-13-3-1-2-10-8-15(20-16(10)13)14(19)9-21-12-6-4-11(18)5-7-12/h1-8,14H,9,19H2. The average molecular weight is 322 g/mol. The van der Waals surface area contributed by atoms with E-state index in [1.807, 2.05) is 18.2 Å². The lowest BCUT2D eigenvalue weighted by Gasteiger charge is -2.08. The van der Waals surface area contributed by atoms with Gasteiger partial charge in [-0.25, -0.2) is 4.39 Å². The molecule has 1 aromatic heterocycles. The third-order valence-electron chi connectivity index (χ3n) is 3.12. The van der Waals surface area contributed by atoms with E-state index in [2.05, 4.69) is 0 Å². The molecule has 5 heteroatoms. The molecule has 1 unspecified atom stereocenters. The van der Waals surface area contributed by atoms with Gasteiger partial charge in [-0.2, -0.15) is 0 Å². The van der Waals surface area contributed by atoms with Crippen LogP contribution in [0.3, 0.4) is 0 Å². The lowest BCUT2D eigenvalue weighted by molar-refractivity contribution is 0.516. The number of halogens is 2. The van der Waals surface area contributed by atoms with Crippen LogP contribution in [0.2, 0.25) is 5.02 Å². The zero-order valence-corrected chi connectivity index (χ0v) is 12.6. The Hall–Kier alpha value is -1.49. The van der Waals surface area contributed by atoms with Crippen molar-refractivity contribution in [1.82, 2.24) is 0 Å². The maximum atomic E-state index is 12.8. The minimum Gasteiger partial charge on any atom is -0.458 e. The van der Waals surface area contributed by atoms with Gasteiger partial charge in [-0.15, -0.1) is 11.8 Å². The number of thioether (sulfide) groups is 1. The molecule has 2 nitrogen and oxygen atoms in total. The minimum atomic E-state index is -0.247. The largest absolute Gasteiger partial charge is 0.458 e. The van der Waals surface area contributed by atoms with Crippen LogP contribution in [0.15, 0.2) is 57.8 Å². The second kappa shape index (κ2) is 6.10. The zero-order valence-electron chi connectivity index (χ0n) is 11.1. The first kappa shape index (κ1) is 14.4. The second-order valence-corrected chi connectivity index (χ2v) is 6.18. The van der Waals surface area contributed by atoms with E-state index < -0.39 is 0 Å². The third-order valence-corrected chi connectivity index (χ3v) is 4.55. The Morgan fingerprint density at radius 3 is 2.67 bits per heavy atom. The summed E-state index contributed by atoms with van der Waals surface area (Å²) in [6.45, 7) is 0. The van der Waals surface area contributed by atoms with Crippen molar-refractivity contribution in [3.05, 3.63) is 65.1 Å². The average Bonchev–Trinajstić information content (AvgIpc) is 2.92. The van der Waals surface area contributed by atoms with Crippen LogP contribution in [0, 0.1) is 5.82 Å². The highest BCUT2D eigenvalue weighted by Crippen LogP contribution is 2.31. The SMILES string of the molecule is NC(CSc1ccc(F)cc1)c1cc2cccc(Cl)c2o1. The molecule has 3 rings (SSSR count). The van der Waals surface area contributed by atoms with Crippen LogP contribution >= 0.6 is 23.4 Å². The molecule has 0 spiro atoms. The van der Waals surface area contributed by atoms with Gasteiger partial charge in [0.25, 0.3) is 0 Å². The van der Waals surface area contributed by atoms with Gasteiger partial charge in [0.2, 0.25) is 0 Å². The minimum absolute atomic E-state index is 0.240. The van der Waals surface area contributed by atoms with Gasteiger partial charge in [-0.3, -0.25) is 0 Å². The Morgan fingerprint density at radius 1 is 1.19 bits per heavy atom. The summed E-state index contributed by atoms with van der Waals surface area (Å²) in [4.78, 5) is 0.973. The summed E-state index contributed by atoms with van der Waals surface area (Å²) in [5.41, 5.74) is 6.82. The summed E-state index contributed by atoms with van der Waals surface area (Å²) in [7, 11) is 0. The van der Waals surface area contributed by atoms with Crippen LogP contribution in [0.5, 0.6) is 0 Å². The maximum Gasteiger partial charge on any atom is 0.152 e. The Labute approximate surface area is 131 Å². The summed E-state index contributed by atoms with van der Waals surface area (Å²) in [5.74, 6) is 1.10. The summed E-state index contributed by atoms with van der Waals surface area (Å²) in [6.07, 6.45) is 0. The lowest BCUT2D eigenvalue weighted by Crippen LogP contribution is -2.11. The van der Waals surface area contributed by atoms with E-state index in [0.717, 1.165) is 10.3 Å². The van der Waals surface area contributed by atoms with Crippen molar-refractivity contribution in [2.75, 3.05) is 5.75 Å². The van der Waals surface area contributed by atoms with Crippen molar-refractivity contribution in [3.63, 3.8) is 0 Å². The molecule has 0 fully saturated rings. The van der Waals surface area contributed by atoms with E-state index in [1.165, 1.54) is 12.1 Å². The molecule has 2 aromatic carbocycles. The van der Waals surface area contributed by atoms with Crippen molar-refractivity contribution in [2.24, 2.45) is 5.73 Å². The Morgan fingerprint density at radius 2 is 1.95 bits per heavy atom. The lowest BCUT2D eigenvalue weighted by atomic mass is 10.2. The fourth-order valence-corrected chi connectivity index (χ4v) is 3.11. The monoisotopic (exact) mass is 321 g/mol. The van der Waals surface area contributed by atoms with Crippen LogP contribution in [-0.4, -0.2) is 5.75 Å².